The van der Waals surface area contributed by atoms with E-state index in [2.05, 4.69) is 6.08 Å². The Hall–Kier alpha value is -3.56. The summed E-state index contributed by atoms with van der Waals surface area (Å²) < 4.78 is 28.7. The Kier molecular flexibility index (Phi) is 12.3. The summed E-state index contributed by atoms with van der Waals surface area (Å²) >= 11 is 0. The van der Waals surface area contributed by atoms with E-state index in [9.17, 15) is 45.3 Å². The van der Waals surface area contributed by atoms with Crippen LogP contribution in [-0.4, -0.2) is 110 Å². The fraction of sp³-hybridized carbons (Fsp3) is 0.781. The lowest BCUT2D eigenvalue weighted by molar-refractivity contribution is -0.339. The molecule has 2 aromatic carbocycles. The largest absolute Gasteiger partial charge is 0.507 e. The fourth-order valence-electron chi connectivity index (χ4n) is 27.6. The normalized spacial score (nSPS) is 44.9. The predicted molar refractivity (Wildman–Crippen MR) is 321 cm³/mol. The van der Waals surface area contributed by atoms with Gasteiger partial charge in [0.2, 0.25) is 6.29 Å². The van der Waals surface area contributed by atoms with Gasteiger partial charge in [0.25, 0.3) is 0 Å². The molecule has 86 heavy (non-hydrogen) atoms. The molecule has 10 saturated carbocycles. The number of aromatic hydroxyl groups is 2. The molecule has 9 spiro atoms. The van der Waals surface area contributed by atoms with E-state index >= 15 is 0 Å². The summed E-state index contributed by atoms with van der Waals surface area (Å²) in [5.41, 5.74) is 3.30. The summed E-state index contributed by atoms with van der Waals surface area (Å²) in [6.45, 7) is 4.09. The van der Waals surface area contributed by atoms with Gasteiger partial charge in [-0.3, -0.25) is 4.79 Å². The Labute approximate surface area is 507 Å². The summed E-state index contributed by atoms with van der Waals surface area (Å²) in [5.74, 6) is -2.53. The van der Waals surface area contributed by atoms with Crippen LogP contribution in [0.4, 0.5) is 0 Å². The number of benzene rings is 2. The Morgan fingerprint density at radius 2 is 1.34 bits per heavy atom. The first-order chi connectivity index (χ1) is 41.2. The number of carboxylic acid groups (broad SMARTS) is 1. The molecule has 0 radical (unpaired) electrons. The minimum Gasteiger partial charge on any atom is -0.507 e. The maximum Gasteiger partial charge on any atom is 0.335 e. The molecule has 4 heterocycles. The molecule has 0 unspecified atom stereocenters. The summed E-state index contributed by atoms with van der Waals surface area (Å²) in [7, 11) is 0. The van der Waals surface area contributed by atoms with E-state index in [-0.39, 0.29) is 74.3 Å². The molecule has 4 aliphatic heterocycles. The number of aromatic carboxylic acids is 1. The van der Waals surface area contributed by atoms with Crippen molar-refractivity contribution in [3.63, 3.8) is 0 Å². The van der Waals surface area contributed by atoms with Crippen molar-refractivity contribution < 1.29 is 64.3 Å². The van der Waals surface area contributed by atoms with Crippen LogP contribution in [0, 0.1) is 79.3 Å². The number of hydrogen-bond donors (Lipinski definition) is 7. The van der Waals surface area contributed by atoms with Crippen molar-refractivity contribution in [2.45, 2.75) is 262 Å². The van der Waals surface area contributed by atoms with Crippen molar-refractivity contribution in [1.29, 1.82) is 0 Å². The number of ether oxygens (including phenoxy) is 4. The number of aliphatic hydroxyl groups is 4. The molecule has 11 aliphatic carbocycles. The molecule has 17 rings (SSSR count). The lowest BCUT2D eigenvalue weighted by Crippen LogP contribution is -2.72. The van der Waals surface area contributed by atoms with Crippen LogP contribution in [0.5, 0.6) is 17.2 Å². The van der Waals surface area contributed by atoms with Gasteiger partial charge in [0.05, 0.1) is 35.3 Å². The van der Waals surface area contributed by atoms with E-state index in [1.807, 2.05) is 0 Å². The van der Waals surface area contributed by atoms with Crippen LogP contribution in [-0.2, 0) is 14.2 Å². The van der Waals surface area contributed by atoms with Crippen LogP contribution < -0.4 is 4.74 Å². The summed E-state index contributed by atoms with van der Waals surface area (Å²) in [5, 5.41) is 85.2. The highest BCUT2D eigenvalue weighted by Crippen LogP contribution is 2.89. The number of rotatable bonds is 6. The van der Waals surface area contributed by atoms with Gasteiger partial charge in [0, 0.05) is 35.0 Å². The summed E-state index contributed by atoms with van der Waals surface area (Å²) in [4.78, 5) is 25.9. The van der Waals surface area contributed by atoms with Crippen LogP contribution >= 0.6 is 0 Å². The lowest BCUT2D eigenvalue weighted by atomic mass is 9.42. The molecular formula is C73H96O13. The van der Waals surface area contributed by atoms with Gasteiger partial charge >= 0.3 is 5.97 Å². The number of carbonyl (C=O) groups is 2. The van der Waals surface area contributed by atoms with Gasteiger partial charge in [-0.15, -0.1) is 0 Å². The topological polar surface area (TPSA) is 213 Å². The Morgan fingerprint density at radius 3 is 1.99 bits per heavy atom. The highest BCUT2D eigenvalue weighted by atomic mass is 16.7. The quantitative estimate of drug-likeness (QED) is 0.106. The number of carbonyl (C=O) groups excluding carboxylic acids is 1. The first-order valence-corrected chi connectivity index (χ1v) is 34.7. The van der Waals surface area contributed by atoms with Gasteiger partial charge in [-0.25, -0.2) is 4.79 Å². The van der Waals surface area contributed by atoms with Crippen molar-refractivity contribution in [3.05, 3.63) is 51.6 Å². The lowest BCUT2D eigenvalue weighted by Gasteiger charge is -2.64. The van der Waals surface area contributed by atoms with E-state index in [0.717, 1.165) is 38.5 Å². The third kappa shape index (κ3) is 7.31. The number of Topliss-reactive ketones (excluding diaryl/α,β-unsaturated/α-hetero) is 1. The van der Waals surface area contributed by atoms with Crippen LogP contribution in [0.2, 0.25) is 0 Å². The summed E-state index contributed by atoms with van der Waals surface area (Å²) in [6, 6.07) is 2.39. The maximum atomic E-state index is 13.6. The zero-order chi connectivity index (χ0) is 59.0. The van der Waals surface area contributed by atoms with E-state index in [0.29, 0.717) is 71.4 Å². The van der Waals surface area contributed by atoms with Gasteiger partial charge < -0.3 is 54.7 Å². The molecule has 2 aromatic rings. The standard InChI is InChI=1S/C73H96O13/c1-41-52(42(2)75)57(77)54-46(56(41)76)27-43(62(81)82)28-50(54)84-63-58(78)59(79)73-31-47-48-30-67(29-44-33-83-40-71(25-26-74,55(44)48)49-12-11-45(53(47)49)51(86-73)32-68(19-9-10-20-68)60(80)61(73)85-63)37-70(24-22-65(35-70)15-5-6-16-65)72(39-67)38-66(17-7-8-18-66)36-69(72)23-21-64(34-69)13-3-4-14-64/h12,27-28,44,47-48,51,55,58-61,63,74,76-80H,3-11,13-26,29-40H2,1-2H3,(H,81,82)/t44-,47-,48-,51-,55+,58+,59+,60-,61+,63+,67-,69-,70+,71-,72+,73-/m0/s1. The number of fused-ring (bicyclic) bond motifs is 7. The van der Waals surface area contributed by atoms with Crippen molar-refractivity contribution in [3.8, 4) is 17.2 Å². The average Bonchev–Trinajstić information content (AvgIpc) is 1.47. The van der Waals surface area contributed by atoms with Crippen LogP contribution in [0.25, 0.3) is 10.8 Å². The molecule has 13 nitrogen and oxygen atoms in total. The molecule has 2 bridgehead atoms. The van der Waals surface area contributed by atoms with Crippen LogP contribution in [0.1, 0.15) is 239 Å². The molecule has 13 fully saturated rings. The third-order valence-corrected chi connectivity index (χ3v) is 30.0. The smallest absolute Gasteiger partial charge is 0.335 e. The molecule has 466 valence electrons. The number of allylic oxidation sites excluding steroid dienone is 2. The Morgan fingerprint density at radius 1 is 0.709 bits per heavy atom. The monoisotopic (exact) mass is 1180 g/mol. The van der Waals surface area contributed by atoms with Gasteiger partial charge in [0.15, 0.2) is 5.78 Å². The van der Waals surface area contributed by atoms with Gasteiger partial charge in [-0.2, -0.15) is 0 Å². The molecule has 7 N–H and O–H groups in total. The minimum absolute atomic E-state index is 0.0643. The molecule has 0 aromatic heterocycles. The van der Waals surface area contributed by atoms with Crippen LogP contribution in [0.15, 0.2) is 34.9 Å². The van der Waals surface area contributed by atoms with Crippen molar-refractivity contribution in [2.75, 3.05) is 19.8 Å². The predicted octanol–water partition coefficient (Wildman–Crippen LogP) is 13.0. The minimum atomic E-state index is -1.79. The molecule has 16 atom stereocenters. The number of ketones is 1. The highest BCUT2D eigenvalue weighted by molar-refractivity contribution is 6.11. The van der Waals surface area contributed by atoms with Gasteiger partial charge in [0.1, 0.15) is 41.2 Å². The van der Waals surface area contributed by atoms with E-state index in [1.165, 1.54) is 184 Å². The van der Waals surface area contributed by atoms with E-state index in [1.54, 1.807) is 0 Å². The zero-order valence-corrected chi connectivity index (χ0v) is 51.3. The highest BCUT2D eigenvalue weighted by Gasteiger charge is 2.80. The van der Waals surface area contributed by atoms with Crippen molar-refractivity contribution in [2.24, 2.45) is 72.4 Å². The molecule has 0 amide bonds. The van der Waals surface area contributed by atoms with Gasteiger partial charge in [-0.05, 0) is 258 Å². The van der Waals surface area contributed by atoms with Crippen molar-refractivity contribution >= 4 is 22.5 Å². The number of aliphatic hydroxyl groups excluding tert-OH is 4. The number of hydrogen-bond acceptors (Lipinski definition) is 12. The SMILES string of the molecule is CC(=O)c1c(C)c(O)c2cc(C(=O)O)cc(O[C@@H]3O[C@@H]4[C@H](O)C5(CCCC5)C[C@@H]5O[C@@]4(C[C@@H]4C6=C5CC=C6[C@]5(CCO)COC[C@@H]6C[C@]7(C[C@@H]4[C@@H]65)C[C@]4(CCC5(CCCC5)C4)[C@]4(CC5(CCCC5)C[C@@]45CCC4(CCCC4)C5)C7)[C@H](O)[C@H]3O)c2c1O. The molecule has 3 saturated heterocycles. The fourth-order valence-corrected chi connectivity index (χ4v) is 27.6. The molecular weight excluding hydrogens is 1080 g/mol. The molecule has 15 aliphatic rings. The first-order valence-electron chi connectivity index (χ1n) is 34.7. The van der Waals surface area contributed by atoms with Crippen LogP contribution in [0.3, 0.4) is 0 Å². The summed E-state index contributed by atoms with van der Waals surface area (Å²) in [6.07, 6.45) is 32.9. The van der Waals surface area contributed by atoms with Crippen molar-refractivity contribution in [1.82, 2.24) is 0 Å². The van der Waals surface area contributed by atoms with E-state index < -0.39 is 71.1 Å². The Balaban J connectivity index is 0.810. The number of phenols is 2. The van der Waals surface area contributed by atoms with E-state index in [4.69, 9.17) is 18.9 Å². The first kappa shape index (κ1) is 56.4. The second-order valence-electron chi connectivity index (χ2n) is 33.6. The Bertz CT molecular complexity index is 3260. The molecule has 13 heteroatoms. The second kappa shape index (κ2) is 18.8. The maximum absolute atomic E-state index is 13.6. The number of carboxylic acids is 1. The second-order valence-corrected chi connectivity index (χ2v) is 33.6. The average molecular weight is 1180 g/mol. The number of phenolic OH excluding ortho intramolecular Hbond substituents is 2. The van der Waals surface area contributed by atoms with Gasteiger partial charge in [-0.1, -0.05) is 57.4 Å². The third-order valence-electron chi connectivity index (χ3n) is 30.0. The zero-order valence-electron chi connectivity index (χ0n) is 51.3.